The molecule has 58 heavy (non-hydrogen) atoms. The van der Waals surface area contributed by atoms with E-state index in [0.29, 0.717) is 24.8 Å². The Labute approximate surface area is 346 Å². The highest BCUT2D eigenvalue weighted by molar-refractivity contribution is 5.66. The Kier molecular flexibility index (Phi) is 8.70. The molecule has 10 heteroatoms. The average molecular weight is 774 g/mol. The molecule has 9 rings (SSSR count). The van der Waals surface area contributed by atoms with Crippen molar-refractivity contribution in [2.45, 2.75) is 27.7 Å². The Morgan fingerprint density at radius 2 is 0.741 bits per heavy atom. The molecule has 0 atom stereocenters. The third-order valence-corrected chi connectivity index (χ3v) is 11.5. The minimum atomic E-state index is -2.20. The van der Waals surface area contributed by atoms with Gasteiger partial charge in [-0.25, -0.2) is 0 Å². The van der Waals surface area contributed by atoms with Crippen molar-refractivity contribution >= 4 is 34.1 Å². The molecular weight excluding hydrogens is 721 g/mol. The maximum atomic E-state index is 7.92. The van der Waals surface area contributed by atoms with Crippen molar-refractivity contribution in [1.29, 1.82) is 0 Å². The molecule has 0 fully saturated rings. The molecular formula is C48H50N8O2. The molecule has 0 radical (unpaired) electrons. The van der Waals surface area contributed by atoms with Gasteiger partial charge in [0.05, 0.1) is 26.7 Å². The molecule has 0 saturated carbocycles. The molecule has 5 aromatic carbocycles. The number of rotatable bonds is 10. The highest BCUT2D eigenvalue weighted by atomic mass is 16.5. The number of allylic oxidation sites excluding steroid dienone is 4. The van der Waals surface area contributed by atoms with Crippen molar-refractivity contribution in [3.8, 4) is 23.0 Å². The lowest BCUT2D eigenvalue weighted by Gasteiger charge is -2.24. The number of hydrogen-bond donors (Lipinski definition) is 0. The van der Waals surface area contributed by atoms with Gasteiger partial charge >= 0.3 is 0 Å². The summed E-state index contributed by atoms with van der Waals surface area (Å²) in [5.74, 6) is 2.99. The molecule has 0 aromatic heterocycles. The smallest absolute Gasteiger partial charge is 0.129 e. The van der Waals surface area contributed by atoms with Crippen LogP contribution in [0.4, 0.5) is 34.1 Å². The van der Waals surface area contributed by atoms with E-state index in [1.54, 1.807) is 0 Å². The summed E-state index contributed by atoms with van der Waals surface area (Å²) in [7, 11) is 2.12. The van der Waals surface area contributed by atoms with Gasteiger partial charge in [-0.15, -0.1) is 0 Å². The van der Waals surface area contributed by atoms with Crippen molar-refractivity contribution in [3.05, 3.63) is 169 Å². The van der Waals surface area contributed by atoms with E-state index in [9.17, 15) is 0 Å². The maximum Gasteiger partial charge on any atom is 0.129 e. The summed E-state index contributed by atoms with van der Waals surface area (Å²) in [6, 6.07) is 40.9. The van der Waals surface area contributed by atoms with Gasteiger partial charge in [-0.05, 0) is 100 Å². The van der Waals surface area contributed by atoms with Crippen LogP contribution in [-0.4, -0.2) is 50.5 Å². The SMILES string of the molecule is [2H]C([2H])([2H])N1CN(c2cccc(Oc3cccc(N4C=CN(c5ccc(N6C=CN(c7cccc(Oc8cccc(N9CN(C)C(C)=C9C)c8)c7)C6)cc5)C4)c3)c2)C(C)=C1C. The molecule has 0 unspecified atom stereocenters. The first-order valence-corrected chi connectivity index (χ1v) is 19.6. The quantitative estimate of drug-likeness (QED) is 0.137. The van der Waals surface area contributed by atoms with Gasteiger partial charge in [0.25, 0.3) is 0 Å². The zero-order chi connectivity index (χ0) is 42.4. The normalized spacial score (nSPS) is 17.6. The Morgan fingerprint density at radius 1 is 0.397 bits per heavy atom. The van der Waals surface area contributed by atoms with Crippen LogP contribution in [0, 0.1) is 0 Å². The first-order chi connectivity index (χ1) is 29.4. The van der Waals surface area contributed by atoms with Crippen LogP contribution >= 0.6 is 0 Å². The van der Waals surface area contributed by atoms with E-state index in [1.807, 2.05) is 85.5 Å². The van der Waals surface area contributed by atoms with E-state index in [1.165, 1.54) is 16.3 Å². The van der Waals surface area contributed by atoms with Crippen LogP contribution in [0.25, 0.3) is 0 Å². The van der Waals surface area contributed by atoms with E-state index < -0.39 is 6.98 Å². The predicted octanol–water partition coefficient (Wildman–Crippen LogP) is 10.7. The molecule has 0 spiro atoms. The monoisotopic (exact) mass is 773 g/mol. The lowest BCUT2D eigenvalue weighted by molar-refractivity contribution is 0.459. The van der Waals surface area contributed by atoms with Gasteiger partial charge in [-0.2, -0.15) is 0 Å². The Balaban J connectivity index is 0.796. The van der Waals surface area contributed by atoms with Gasteiger partial charge < -0.3 is 48.7 Å². The third kappa shape index (κ3) is 7.25. The van der Waals surface area contributed by atoms with Crippen molar-refractivity contribution < 1.29 is 13.6 Å². The summed E-state index contributed by atoms with van der Waals surface area (Å²) in [5, 5.41) is 0. The summed E-state index contributed by atoms with van der Waals surface area (Å²) in [5.41, 5.74) is 10.4. The van der Waals surface area contributed by atoms with E-state index in [-0.39, 0.29) is 6.67 Å². The molecule has 4 aliphatic heterocycles. The summed E-state index contributed by atoms with van der Waals surface area (Å²) in [6.45, 7) is 8.35. The first kappa shape index (κ1) is 33.2. The number of anilines is 6. The zero-order valence-corrected chi connectivity index (χ0v) is 33.6. The first-order valence-electron chi connectivity index (χ1n) is 21.1. The Bertz CT molecular complexity index is 2570. The molecule has 5 aromatic rings. The van der Waals surface area contributed by atoms with E-state index >= 15 is 0 Å². The van der Waals surface area contributed by atoms with Crippen molar-refractivity contribution in [2.75, 3.05) is 70.1 Å². The van der Waals surface area contributed by atoms with Gasteiger partial charge in [0.2, 0.25) is 0 Å². The van der Waals surface area contributed by atoms with Crippen molar-refractivity contribution in [1.82, 2.24) is 9.80 Å². The second kappa shape index (κ2) is 15.2. The molecule has 4 heterocycles. The maximum absolute atomic E-state index is 7.92. The zero-order valence-electron chi connectivity index (χ0n) is 36.6. The fourth-order valence-corrected chi connectivity index (χ4v) is 7.69. The molecule has 0 bridgehead atoms. The number of nitrogens with zero attached hydrogens (tertiary/aromatic N) is 8. The molecule has 0 amide bonds. The molecule has 4 aliphatic rings. The summed E-state index contributed by atoms with van der Waals surface area (Å²) in [4.78, 5) is 16.9. The minimum Gasteiger partial charge on any atom is -0.457 e. The lowest BCUT2D eigenvalue weighted by atomic mass is 10.2. The third-order valence-electron chi connectivity index (χ3n) is 11.5. The predicted molar refractivity (Wildman–Crippen MR) is 237 cm³/mol. The molecule has 0 aliphatic carbocycles. The fraction of sp³-hybridized carbons (Fsp3) is 0.208. The Morgan fingerprint density at radius 3 is 1.10 bits per heavy atom. The van der Waals surface area contributed by atoms with Crippen molar-refractivity contribution in [3.63, 3.8) is 0 Å². The second-order valence-corrected chi connectivity index (χ2v) is 15.1. The lowest BCUT2D eigenvalue weighted by Crippen LogP contribution is -2.25. The van der Waals surface area contributed by atoms with Crippen LogP contribution in [0.15, 0.2) is 169 Å². The summed E-state index contributed by atoms with van der Waals surface area (Å²) >= 11 is 0. The Hall–Kier alpha value is -6.94. The fourth-order valence-electron chi connectivity index (χ4n) is 7.69. The summed E-state index contributed by atoms with van der Waals surface area (Å²) < 4.78 is 36.5. The molecule has 294 valence electrons. The van der Waals surface area contributed by atoms with E-state index in [0.717, 1.165) is 63.7 Å². The second-order valence-electron chi connectivity index (χ2n) is 15.1. The highest BCUT2D eigenvalue weighted by Crippen LogP contribution is 2.36. The van der Waals surface area contributed by atoms with Gasteiger partial charge in [0.1, 0.15) is 23.0 Å². The average Bonchev–Trinajstić information content (AvgIpc) is 4.07. The standard InChI is InChI=1S/C48H50N8O2/c1-35-37(3)55(31-49(35)5)43-13-9-17-47(29-43)57-45-15-7-11-41(27-45)53-25-23-51(33-53)39-19-21-40(22-20-39)52-24-26-54(34-52)42-12-8-16-46(28-42)58-48-18-10-14-44(30-48)56-32-50(6)36(2)38(56)4/h7-30H,31-34H2,1-6H3/i5D3. The van der Waals surface area contributed by atoms with Crippen molar-refractivity contribution in [2.24, 2.45) is 0 Å². The van der Waals surface area contributed by atoms with E-state index in [2.05, 4.69) is 130 Å². The van der Waals surface area contributed by atoms with Gasteiger partial charge in [0.15, 0.2) is 0 Å². The number of benzene rings is 5. The van der Waals surface area contributed by atoms with Crippen LogP contribution in [0.3, 0.4) is 0 Å². The van der Waals surface area contributed by atoms with Crippen LogP contribution in [-0.2, 0) is 0 Å². The molecule has 10 nitrogen and oxygen atoms in total. The highest BCUT2D eigenvalue weighted by Gasteiger charge is 2.24. The van der Waals surface area contributed by atoms with Crippen LogP contribution in [0.2, 0.25) is 0 Å². The topological polar surface area (TPSA) is 44.4 Å². The van der Waals surface area contributed by atoms with Crippen LogP contribution in [0.1, 0.15) is 31.8 Å². The minimum absolute atomic E-state index is 0.264. The van der Waals surface area contributed by atoms with Crippen LogP contribution < -0.4 is 38.9 Å². The number of ether oxygens (including phenoxy) is 2. The number of hydrogen-bond acceptors (Lipinski definition) is 10. The molecule has 0 N–H and O–H groups in total. The van der Waals surface area contributed by atoms with E-state index in [4.69, 9.17) is 13.6 Å². The summed E-state index contributed by atoms with van der Waals surface area (Å²) in [6.07, 6.45) is 8.39. The van der Waals surface area contributed by atoms with Crippen LogP contribution in [0.5, 0.6) is 23.0 Å². The van der Waals surface area contributed by atoms with Gasteiger partial charge in [-0.1, -0.05) is 24.3 Å². The largest absolute Gasteiger partial charge is 0.457 e. The van der Waals surface area contributed by atoms with Gasteiger partial charge in [0, 0.05) is 124 Å². The van der Waals surface area contributed by atoms with Gasteiger partial charge in [-0.3, -0.25) is 0 Å². The molecule has 0 saturated heterocycles.